The second-order valence-electron chi connectivity index (χ2n) is 2.99. The normalized spacial score (nSPS) is 10.8. The van der Waals surface area contributed by atoms with Crippen LogP contribution in [0.1, 0.15) is 0 Å². The highest BCUT2D eigenvalue weighted by molar-refractivity contribution is 9.10. The molecule has 1 aromatic carbocycles. The van der Waals surface area contributed by atoms with Crippen LogP contribution in [-0.2, 0) is 11.3 Å². The fourth-order valence-corrected chi connectivity index (χ4v) is 1.94. The number of hydrogen-bond acceptors (Lipinski definition) is 2. The molecule has 0 unspecified atom stereocenters. The van der Waals surface area contributed by atoms with Crippen LogP contribution in [0.3, 0.4) is 0 Å². The molecule has 0 bridgehead atoms. The van der Waals surface area contributed by atoms with Crippen molar-refractivity contribution in [3.05, 3.63) is 28.0 Å². The summed E-state index contributed by atoms with van der Waals surface area (Å²) in [5.74, 6) is -0.948. The Hall–Kier alpha value is -1.07. The molecule has 0 fully saturated rings. The summed E-state index contributed by atoms with van der Waals surface area (Å²) in [6.07, 6.45) is 0. The first-order chi connectivity index (χ1) is 7.08. The van der Waals surface area contributed by atoms with Crippen molar-refractivity contribution in [3.8, 4) is 0 Å². The second-order valence-corrected chi connectivity index (χ2v) is 4.25. The van der Waals surface area contributed by atoms with Crippen LogP contribution in [0, 0.1) is 0 Å². The maximum absolute atomic E-state index is 10.6. The Bertz CT molecular complexity index is 538. The van der Waals surface area contributed by atoms with Gasteiger partial charge in [-0.3, -0.25) is 4.79 Å². The van der Waals surface area contributed by atoms with Crippen LogP contribution in [0.5, 0.6) is 0 Å². The van der Waals surface area contributed by atoms with Gasteiger partial charge < -0.3 is 9.67 Å². The lowest BCUT2D eigenvalue weighted by atomic mass is 10.3. The van der Waals surface area contributed by atoms with E-state index in [0.717, 1.165) is 4.47 Å². The van der Waals surface area contributed by atoms with Crippen molar-refractivity contribution in [2.75, 3.05) is 0 Å². The molecule has 1 aromatic heterocycles. The van der Waals surface area contributed by atoms with E-state index >= 15 is 0 Å². The quantitative estimate of drug-likeness (QED) is 0.924. The molecule has 0 spiro atoms. The van der Waals surface area contributed by atoms with Gasteiger partial charge in [0.25, 0.3) is 0 Å². The molecule has 78 valence electrons. The van der Waals surface area contributed by atoms with Gasteiger partial charge in [-0.25, -0.2) is 4.98 Å². The minimum absolute atomic E-state index is 0.186. The number of hydrogen-bond donors (Lipinski definition) is 1. The SMILES string of the molecule is O=C(O)Cn1c(Cl)nc2ccc(Br)cc21. The summed E-state index contributed by atoms with van der Waals surface area (Å²) in [5, 5.41) is 8.91. The number of nitrogens with zero attached hydrogens (tertiary/aromatic N) is 2. The molecule has 1 heterocycles. The Kier molecular flexibility index (Phi) is 2.67. The Labute approximate surface area is 98.6 Å². The highest BCUT2D eigenvalue weighted by atomic mass is 79.9. The van der Waals surface area contributed by atoms with Gasteiger partial charge in [-0.15, -0.1) is 0 Å². The maximum Gasteiger partial charge on any atom is 0.323 e. The van der Waals surface area contributed by atoms with E-state index < -0.39 is 5.97 Å². The van der Waals surface area contributed by atoms with Gasteiger partial charge in [0.05, 0.1) is 11.0 Å². The number of carboxylic acid groups (broad SMARTS) is 1. The molecule has 4 nitrogen and oxygen atoms in total. The predicted molar refractivity (Wildman–Crippen MR) is 60.1 cm³/mol. The zero-order valence-corrected chi connectivity index (χ0v) is 9.79. The van der Waals surface area contributed by atoms with Crippen molar-refractivity contribution in [1.82, 2.24) is 9.55 Å². The van der Waals surface area contributed by atoms with E-state index in [4.69, 9.17) is 16.7 Å². The average molecular weight is 290 g/mol. The van der Waals surface area contributed by atoms with E-state index in [1.54, 1.807) is 12.1 Å². The molecule has 0 aliphatic rings. The third kappa shape index (κ3) is 1.98. The molecule has 2 rings (SSSR count). The van der Waals surface area contributed by atoms with Gasteiger partial charge in [0.15, 0.2) is 0 Å². The lowest BCUT2D eigenvalue weighted by Gasteiger charge is -2.01. The summed E-state index contributed by atoms with van der Waals surface area (Å²) in [5.41, 5.74) is 1.39. The number of benzene rings is 1. The van der Waals surface area contributed by atoms with Crippen LogP contribution >= 0.6 is 27.5 Å². The number of carboxylic acids is 1. The van der Waals surface area contributed by atoms with Crippen LogP contribution in [0.2, 0.25) is 5.28 Å². The van der Waals surface area contributed by atoms with Gasteiger partial charge in [-0.2, -0.15) is 0 Å². The second kappa shape index (κ2) is 3.83. The largest absolute Gasteiger partial charge is 0.480 e. The van der Waals surface area contributed by atoms with Gasteiger partial charge in [-0.05, 0) is 29.8 Å². The fourth-order valence-electron chi connectivity index (χ4n) is 1.35. The van der Waals surface area contributed by atoms with Gasteiger partial charge in [0.1, 0.15) is 6.54 Å². The van der Waals surface area contributed by atoms with Gasteiger partial charge >= 0.3 is 5.97 Å². The van der Waals surface area contributed by atoms with E-state index in [0.29, 0.717) is 11.0 Å². The van der Waals surface area contributed by atoms with Crippen LogP contribution < -0.4 is 0 Å². The lowest BCUT2D eigenvalue weighted by molar-refractivity contribution is -0.137. The molecule has 0 saturated carbocycles. The number of aromatic nitrogens is 2. The molecule has 0 aliphatic carbocycles. The van der Waals surface area contributed by atoms with Crippen LogP contribution in [0.25, 0.3) is 11.0 Å². The Morgan fingerprint density at radius 1 is 1.60 bits per heavy atom. The van der Waals surface area contributed by atoms with E-state index in [9.17, 15) is 4.79 Å². The molecule has 0 saturated heterocycles. The standard InChI is InChI=1S/C9H6BrClN2O2/c10-5-1-2-6-7(3-5)13(4-8(14)15)9(11)12-6/h1-3H,4H2,(H,14,15). The predicted octanol–water partition coefficient (Wildman–Crippen LogP) is 2.54. The maximum atomic E-state index is 10.6. The number of fused-ring (bicyclic) bond motifs is 1. The van der Waals surface area contributed by atoms with Gasteiger partial charge in [-0.1, -0.05) is 15.9 Å². The number of rotatable bonds is 2. The third-order valence-electron chi connectivity index (χ3n) is 1.96. The molecule has 0 radical (unpaired) electrons. The number of imidazole rings is 1. The van der Waals surface area contributed by atoms with Crippen molar-refractivity contribution in [2.45, 2.75) is 6.54 Å². The van der Waals surface area contributed by atoms with Gasteiger partial charge in [0, 0.05) is 4.47 Å². The number of aliphatic carboxylic acids is 1. The topological polar surface area (TPSA) is 55.1 Å². The third-order valence-corrected chi connectivity index (χ3v) is 2.74. The van der Waals surface area contributed by atoms with E-state index in [1.165, 1.54) is 4.57 Å². The molecule has 0 amide bonds. The molecular weight excluding hydrogens is 283 g/mol. The monoisotopic (exact) mass is 288 g/mol. The summed E-state index contributed by atoms with van der Waals surface area (Å²) in [6.45, 7) is -0.189. The summed E-state index contributed by atoms with van der Waals surface area (Å²) in [4.78, 5) is 14.7. The first-order valence-electron chi connectivity index (χ1n) is 4.11. The van der Waals surface area contributed by atoms with E-state index in [-0.39, 0.29) is 11.8 Å². The Balaban J connectivity index is 2.65. The minimum Gasteiger partial charge on any atom is -0.480 e. The molecule has 6 heteroatoms. The van der Waals surface area contributed by atoms with Crippen molar-refractivity contribution in [2.24, 2.45) is 0 Å². The van der Waals surface area contributed by atoms with E-state index in [2.05, 4.69) is 20.9 Å². The fraction of sp³-hybridized carbons (Fsp3) is 0.111. The summed E-state index contributed by atoms with van der Waals surface area (Å²) < 4.78 is 2.31. The van der Waals surface area contributed by atoms with Crippen molar-refractivity contribution in [3.63, 3.8) is 0 Å². The van der Waals surface area contributed by atoms with Crippen LogP contribution in [0.4, 0.5) is 0 Å². The average Bonchev–Trinajstić information content (AvgIpc) is 2.43. The molecule has 1 N–H and O–H groups in total. The minimum atomic E-state index is -0.948. The summed E-state index contributed by atoms with van der Waals surface area (Å²) in [7, 11) is 0. The first kappa shape index (κ1) is 10.4. The summed E-state index contributed by atoms with van der Waals surface area (Å²) in [6, 6.07) is 5.40. The van der Waals surface area contributed by atoms with Crippen molar-refractivity contribution >= 4 is 44.5 Å². The molecule has 0 aliphatic heterocycles. The molecule has 15 heavy (non-hydrogen) atoms. The summed E-state index contributed by atoms with van der Waals surface area (Å²) >= 11 is 9.15. The smallest absolute Gasteiger partial charge is 0.323 e. The zero-order chi connectivity index (χ0) is 11.0. The van der Waals surface area contributed by atoms with Gasteiger partial charge in [0.2, 0.25) is 5.28 Å². The molecule has 0 atom stereocenters. The van der Waals surface area contributed by atoms with Crippen LogP contribution in [-0.4, -0.2) is 20.6 Å². The van der Waals surface area contributed by atoms with Crippen LogP contribution in [0.15, 0.2) is 22.7 Å². The lowest BCUT2D eigenvalue weighted by Crippen LogP contribution is -2.08. The number of carbonyl (C=O) groups is 1. The van der Waals surface area contributed by atoms with E-state index in [1.807, 2.05) is 6.07 Å². The first-order valence-corrected chi connectivity index (χ1v) is 5.28. The van der Waals surface area contributed by atoms with Crippen molar-refractivity contribution in [1.29, 1.82) is 0 Å². The Morgan fingerprint density at radius 3 is 3.00 bits per heavy atom. The van der Waals surface area contributed by atoms with Crippen molar-refractivity contribution < 1.29 is 9.90 Å². The zero-order valence-electron chi connectivity index (χ0n) is 7.44. The highest BCUT2D eigenvalue weighted by Crippen LogP contribution is 2.23. The highest BCUT2D eigenvalue weighted by Gasteiger charge is 2.11. The number of halogens is 2. The molecule has 2 aromatic rings. The molecular formula is C9H6BrClN2O2. The Morgan fingerprint density at radius 2 is 2.33 bits per heavy atom.